The van der Waals surface area contributed by atoms with Gasteiger partial charge in [0.1, 0.15) is 11.5 Å². The summed E-state index contributed by atoms with van der Waals surface area (Å²) in [4.78, 5) is 25.1. The van der Waals surface area contributed by atoms with E-state index >= 15 is 0 Å². The Labute approximate surface area is 172 Å². The largest absolute Gasteiger partial charge is 0.506 e. The molecule has 4 rings (SSSR count). The molecule has 0 spiro atoms. The van der Waals surface area contributed by atoms with Crippen LogP contribution in [0.25, 0.3) is 0 Å². The van der Waals surface area contributed by atoms with Crippen LogP contribution in [0.4, 0.5) is 11.4 Å². The lowest BCUT2D eigenvalue weighted by Crippen LogP contribution is -2.31. The zero-order valence-corrected chi connectivity index (χ0v) is 15.9. The molecule has 146 valence electrons. The molecule has 3 N–H and O–H groups in total. The first-order chi connectivity index (χ1) is 14.0. The number of aromatic hydroxyl groups is 1. The number of carbonyl (C=O) groups excluding carboxylic acids is 2. The molecule has 1 aliphatic heterocycles. The zero-order chi connectivity index (χ0) is 20.4. The quantitative estimate of drug-likeness (QED) is 0.563. The van der Waals surface area contributed by atoms with Gasteiger partial charge in [0.15, 0.2) is 6.10 Å². The molecule has 1 heterocycles. The molecule has 3 aromatic carbocycles. The Hall–Kier alpha value is -3.51. The molecule has 6 nitrogen and oxygen atoms in total. The minimum absolute atomic E-state index is 0.0924. The smallest absolute Gasteiger partial charge is 0.265 e. The number of halogens is 1. The van der Waals surface area contributed by atoms with E-state index < -0.39 is 12.0 Å². The lowest BCUT2D eigenvalue weighted by molar-refractivity contribution is -0.122. The van der Waals surface area contributed by atoms with Crippen molar-refractivity contribution in [3.05, 3.63) is 82.9 Å². The lowest BCUT2D eigenvalue weighted by Gasteiger charge is -2.12. The van der Waals surface area contributed by atoms with Gasteiger partial charge in [-0.2, -0.15) is 0 Å². The van der Waals surface area contributed by atoms with E-state index in [1.807, 2.05) is 24.3 Å². The molecule has 1 atom stereocenters. The van der Waals surface area contributed by atoms with E-state index in [4.69, 9.17) is 16.3 Å². The van der Waals surface area contributed by atoms with Gasteiger partial charge in [-0.15, -0.1) is 0 Å². The van der Waals surface area contributed by atoms with Gasteiger partial charge in [0.2, 0.25) is 0 Å². The number of rotatable bonds is 4. The van der Waals surface area contributed by atoms with Crippen LogP contribution in [0.1, 0.15) is 15.9 Å². The van der Waals surface area contributed by atoms with Crippen molar-refractivity contribution in [2.24, 2.45) is 0 Å². The molecule has 0 saturated carbocycles. The summed E-state index contributed by atoms with van der Waals surface area (Å²) in [5.41, 5.74) is 1.98. The average molecular weight is 409 g/mol. The fourth-order valence-corrected chi connectivity index (χ4v) is 3.26. The third-order valence-corrected chi connectivity index (χ3v) is 4.77. The van der Waals surface area contributed by atoms with Gasteiger partial charge in [-0.25, -0.2) is 0 Å². The van der Waals surface area contributed by atoms with Crippen LogP contribution in [-0.4, -0.2) is 23.0 Å². The molecule has 2 amide bonds. The summed E-state index contributed by atoms with van der Waals surface area (Å²) in [5, 5.41) is 15.6. The van der Waals surface area contributed by atoms with Crippen LogP contribution in [0.5, 0.6) is 11.5 Å². The minimum atomic E-state index is -0.617. The van der Waals surface area contributed by atoms with E-state index in [0.29, 0.717) is 28.4 Å². The van der Waals surface area contributed by atoms with Crippen LogP contribution in [0.2, 0.25) is 5.02 Å². The van der Waals surface area contributed by atoms with Crippen LogP contribution in [0.3, 0.4) is 0 Å². The van der Waals surface area contributed by atoms with Gasteiger partial charge in [0, 0.05) is 22.7 Å². The molecule has 1 unspecified atom stereocenters. The van der Waals surface area contributed by atoms with Gasteiger partial charge in [-0.05, 0) is 48.0 Å². The van der Waals surface area contributed by atoms with Crippen LogP contribution in [-0.2, 0) is 11.2 Å². The SMILES string of the molecule is O=C(Nc1cc(Cl)ccc1O)c1cccc(NC(=O)C2Cc3ccccc3O2)c1. The number of nitrogens with one attached hydrogen (secondary N) is 2. The van der Waals surface area contributed by atoms with Gasteiger partial charge in [0.25, 0.3) is 11.8 Å². The average Bonchev–Trinajstić information content (AvgIpc) is 3.15. The number of hydrogen-bond acceptors (Lipinski definition) is 4. The number of carbonyl (C=O) groups is 2. The third-order valence-electron chi connectivity index (χ3n) is 4.54. The summed E-state index contributed by atoms with van der Waals surface area (Å²) < 4.78 is 5.69. The molecule has 29 heavy (non-hydrogen) atoms. The molecule has 1 aliphatic rings. The van der Waals surface area contributed by atoms with Crippen molar-refractivity contribution in [3.63, 3.8) is 0 Å². The monoisotopic (exact) mass is 408 g/mol. The zero-order valence-electron chi connectivity index (χ0n) is 15.2. The van der Waals surface area contributed by atoms with Gasteiger partial charge >= 0.3 is 0 Å². The van der Waals surface area contributed by atoms with E-state index in [9.17, 15) is 14.7 Å². The highest BCUT2D eigenvalue weighted by atomic mass is 35.5. The predicted octanol–water partition coefficient (Wildman–Crippen LogP) is 4.24. The highest BCUT2D eigenvalue weighted by molar-refractivity contribution is 6.31. The third kappa shape index (κ3) is 4.17. The first-order valence-electron chi connectivity index (χ1n) is 8.95. The summed E-state index contributed by atoms with van der Waals surface area (Å²) in [6.45, 7) is 0. The van der Waals surface area contributed by atoms with E-state index in [1.165, 1.54) is 18.2 Å². The van der Waals surface area contributed by atoms with Crippen molar-refractivity contribution in [1.82, 2.24) is 0 Å². The van der Waals surface area contributed by atoms with E-state index in [1.54, 1.807) is 24.3 Å². The first kappa shape index (κ1) is 18.8. The number of benzene rings is 3. The predicted molar refractivity (Wildman–Crippen MR) is 111 cm³/mol. The Balaban J connectivity index is 1.44. The standard InChI is InChI=1S/C22H17ClN2O4/c23-15-8-9-18(26)17(12-15)25-21(27)14-5-3-6-16(10-14)24-22(28)20-11-13-4-1-2-7-19(13)29-20/h1-10,12,20,26H,11H2,(H,24,28)(H,25,27). The summed E-state index contributed by atoms with van der Waals surface area (Å²) in [6.07, 6.45) is -0.121. The molecule has 0 bridgehead atoms. The van der Waals surface area contributed by atoms with Gasteiger partial charge in [-0.3, -0.25) is 9.59 Å². The molecule has 0 fully saturated rings. The van der Waals surface area contributed by atoms with E-state index in [0.717, 1.165) is 5.56 Å². The lowest BCUT2D eigenvalue weighted by atomic mass is 10.1. The second-order valence-electron chi connectivity index (χ2n) is 6.60. The topological polar surface area (TPSA) is 87.7 Å². The molecular weight excluding hydrogens is 392 g/mol. The Morgan fingerprint density at radius 2 is 1.83 bits per heavy atom. The molecular formula is C22H17ClN2O4. The summed E-state index contributed by atoms with van der Waals surface area (Å²) in [6, 6.07) is 18.4. The molecule has 7 heteroatoms. The van der Waals surface area contributed by atoms with Gasteiger partial charge in [-0.1, -0.05) is 35.9 Å². The maximum Gasteiger partial charge on any atom is 0.265 e. The second kappa shape index (κ2) is 7.85. The van der Waals surface area contributed by atoms with Crippen LogP contribution in [0.15, 0.2) is 66.7 Å². The summed E-state index contributed by atoms with van der Waals surface area (Å²) in [5.74, 6) is -0.110. The second-order valence-corrected chi connectivity index (χ2v) is 7.04. The fourth-order valence-electron chi connectivity index (χ4n) is 3.09. The van der Waals surface area contributed by atoms with Gasteiger partial charge < -0.3 is 20.5 Å². The molecule has 0 aliphatic carbocycles. The van der Waals surface area contributed by atoms with Crippen molar-refractivity contribution in [2.75, 3.05) is 10.6 Å². The molecule has 0 radical (unpaired) electrons. The number of phenols is 1. The number of ether oxygens (including phenoxy) is 1. The number of para-hydroxylation sites is 1. The van der Waals surface area contributed by atoms with E-state index in [-0.39, 0.29) is 17.3 Å². The number of fused-ring (bicyclic) bond motifs is 1. The van der Waals surface area contributed by atoms with Gasteiger partial charge in [0.05, 0.1) is 5.69 Å². The van der Waals surface area contributed by atoms with Crippen molar-refractivity contribution >= 4 is 34.8 Å². The van der Waals surface area contributed by atoms with Crippen LogP contribution in [0, 0.1) is 0 Å². The highest BCUT2D eigenvalue weighted by Gasteiger charge is 2.28. The number of hydrogen-bond donors (Lipinski definition) is 3. The highest BCUT2D eigenvalue weighted by Crippen LogP contribution is 2.29. The van der Waals surface area contributed by atoms with Crippen molar-refractivity contribution in [3.8, 4) is 11.5 Å². The fraction of sp³-hybridized carbons (Fsp3) is 0.0909. The maximum absolute atomic E-state index is 12.6. The number of amides is 2. The molecule has 0 saturated heterocycles. The van der Waals surface area contributed by atoms with Crippen molar-refractivity contribution in [1.29, 1.82) is 0 Å². The normalized spacial score (nSPS) is 14.6. The Kier molecular flexibility index (Phi) is 5.10. The Bertz CT molecular complexity index is 1070. The maximum atomic E-state index is 12.6. The Morgan fingerprint density at radius 3 is 2.66 bits per heavy atom. The summed E-state index contributed by atoms with van der Waals surface area (Å²) >= 11 is 5.90. The Morgan fingerprint density at radius 1 is 1.00 bits per heavy atom. The van der Waals surface area contributed by atoms with Crippen molar-refractivity contribution < 1.29 is 19.4 Å². The molecule has 3 aromatic rings. The molecule has 0 aromatic heterocycles. The van der Waals surface area contributed by atoms with Crippen LogP contribution >= 0.6 is 11.6 Å². The summed E-state index contributed by atoms with van der Waals surface area (Å²) in [7, 11) is 0. The minimum Gasteiger partial charge on any atom is -0.506 e. The van der Waals surface area contributed by atoms with E-state index in [2.05, 4.69) is 10.6 Å². The number of phenolic OH excluding ortho intramolecular Hbond substituents is 1. The van der Waals surface area contributed by atoms with Crippen molar-refractivity contribution in [2.45, 2.75) is 12.5 Å². The number of anilines is 2. The van der Waals surface area contributed by atoms with Crippen LogP contribution < -0.4 is 15.4 Å². The first-order valence-corrected chi connectivity index (χ1v) is 9.33.